The Morgan fingerprint density at radius 3 is 2.72 bits per heavy atom. The number of fused-ring (bicyclic) bond motifs is 1. The predicted octanol–water partition coefficient (Wildman–Crippen LogP) is 3.44. The molecule has 0 aromatic heterocycles. The fourth-order valence-corrected chi connectivity index (χ4v) is 3.26. The van der Waals surface area contributed by atoms with Crippen LogP contribution in [0.2, 0.25) is 0 Å². The van der Waals surface area contributed by atoms with E-state index in [0.717, 1.165) is 44.2 Å². The lowest BCUT2D eigenvalue weighted by Crippen LogP contribution is -2.38. The second kappa shape index (κ2) is 9.78. The van der Waals surface area contributed by atoms with Gasteiger partial charge in [-0.25, -0.2) is 0 Å². The Hall–Kier alpha value is -2.54. The van der Waals surface area contributed by atoms with Gasteiger partial charge in [0, 0.05) is 25.7 Å². The molecule has 0 bridgehead atoms. The minimum Gasteiger partial charge on any atom is -0.497 e. The van der Waals surface area contributed by atoms with Gasteiger partial charge in [-0.05, 0) is 35.9 Å². The first kappa shape index (κ1) is 21.2. The molecule has 29 heavy (non-hydrogen) atoms. The molecular formula is C22H24ClNO5. The van der Waals surface area contributed by atoms with E-state index in [0.29, 0.717) is 29.4 Å². The van der Waals surface area contributed by atoms with Gasteiger partial charge in [-0.3, -0.25) is 9.69 Å². The van der Waals surface area contributed by atoms with Gasteiger partial charge in [0.15, 0.2) is 5.76 Å². The highest BCUT2D eigenvalue weighted by molar-refractivity contribution is 6.14. The summed E-state index contributed by atoms with van der Waals surface area (Å²) < 4.78 is 22.2. The molecule has 0 atom stereocenters. The monoisotopic (exact) mass is 417 g/mol. The average Bonchev–Trinajstić information content (AvgIpc) is 3.04. The molecule has 0 aliphatic carbocycles. The van der Waals surface area contributed by atoms with E-state index >= 15 is 0 Å². The molecule has 0 unspecified atom stereocenters. The highest BCUT2D eigenvalue weighted by Crippen LogP contribution is 2.35. The van der Waals surface area contributed by atoms with Gasteiger partial charge in [-0.1, -0.05) is 12.1 Å². The normalized spacial score (nSPS) is 17.4. The molecule has 6 nitrogen and oxygen atoms in total. The number of allylic oxidation sites excluding steroid dienone is 1. The van der Waals surface area contributed by atoms with Crippen molar-refractivity contribution in [2.75, 3.05) is 46.6 Å². The minimum atomic E-state index is -0.127. The zero-order valence-electron chi connectivity index (χ0n) is 16.3. The highest BCUT2D eigenvalue weighted by Gasteiger charge is 2.27. The zero-order valence-corrected chi connectivity index (χ0v) is 17.1. The van der Waals surface area contributed by atoms with Crippen LogP contribution in [0, 0.1) is 0 Å². The maximum absolute atomic E-state index is 12.6. The van der Waals surface area contributed by atoms with Crippen molar-refractivity contribution in [1.29, 1.82) is 0 Å². The molecule has 2 aromatic carbocycles. The molecule has 154 valence electrons. The van der Waals surface area contributed by atoms with Crippen molar-refractivity contribution < 1.29 is 23.7 Å². The Bertz CT molecular complexity index is 893. The van der Waals surface area contributed by atoms with Crippen LogP contribution in [-0.2, 0) is 4.74 Å². The van der Waals surface area contributed by atoms with Crippen molar-refractivity contribution >= 4 is 24.3 Å². The number of carbonyl (C=O) groups is 1. The Morgan fingerprint density at radius 1 is 1.10 bits per heavy atom. The van der Waals surface area contributed by atoms with Crippen LogP contribution in [0.4, 0.5) is 0 Å². The van der Waals surface area contributed by atoms with Crippen molar-refractivity contribution in [3.8, 4) is 17.2 Å². The van der Waals surface area contributed by atoms with E-state index in [2.05, 4.69) is 4.90 Å². The number of Topliss-reactive ketones (excluding diaryl/α,β-unsaturated/α-hetero) is 1. The van der Waals surface area contributed by atoms with E-state index in [4.69, 9.17) is 18.9 Å². The first-order valence-electron chi connectivity index (χ1n) is 9.38. The lowest BCUT2D eigenvalue weighted by molar-refractivity contribution is 0.0322. The van der Waals surface area contributed by atoms with Gasteiger partial charge in [-0.2, -0.15) is 0 Å². The smallest absolute Gasteiger partial charge is 0.231 e. The molecular weight excluding hydrogens is 394 g/mol. The molecule has 2 aromatic rings. The number of hydrogen-bond donors (Lipinski definition) is 0. The SMILES string of the molecule is COc1cccc(/C=C2\Oc3cc(OCCN4CCOCC4)ccc3C2=O)c1.Cl. The third kappa shape index (κ3) is 5.09. The van der Waals surface area contributed by atoms with Gasteiger partial charge in [0.1, 0.15) is 23.9 Å². The topological polar surface area (TPSA) is 57.2 Å². The van der Waals surface area contributed by atoms with E-state index < -0.39 is 0 Å². The molecule has 0 radical (unpaired) electrons. The van der Waals surface area contributed by atoms with Crippen LogP contribution in [0.25, 0.3) is 6.08 Å². The number of benzene rings is 2. The van der Waals surface area contributed by atoms with E-state index in [1.54, 1.807) is 25.3 Å². The van der Waals surface area contributed by atoms with E-state index in [1.165, 1.54) is 0 Å². The number of hydrogen-bond acceptors (Lipinski definition) is 6. The van der Waals surface area contributed by atoms with Crippen LogP contribution >= 0.6 is 12.4 Å². The predicted molar refractivity (Wildman–Crippen MR) is 112 cm³/mol. The molecule has 7 heteroatoms. The lowest BCUT2D eigenvalue weighted by Gasteiger charge is -2.26. The number of methoxy groups -OCH3 is 1. The van der Waals surface area contributed by atoms with Crippen molar-refractivity contribution in [2.24, 2.45) is 0 Å². The number of ketones is 1. The van der Waals surface area contributed by atoms with Gasteiger partial charge >= 0.3 is 0 Å². The maximum Gasteiger partial charge on any atom is 0.231 e. The summed E-state index contributed by atoms with van der Waals surface area (Å²) >= 11 is 0. The number of ether oxygens (including phenoxy) is 4. The van der Waals surface area contributed by atoms with Crippen LogP contribution in [0.3, 0.4) is 0 Å². The van der Waals surface area contributed by atoms with Gasteiger partial charge in [-0.15, -0.1) is 12.4 Å². The van der Waals surface area contributed by atoms with Gasteiger partial charge in [0.05, 0.1) is 25.9 Å². The molecule has 1 fully saturated rings. The highest BCUT2D eigenvalue weighted by atomic mass is 35.5. The summed E-state index contributed by atoms with van der Waals surface area (Å²) in [4.78, 5) is 14.9. The van der Waals surface area contributed by atoms with Crippen molar-refractivity contribution in [2.45, 2.75) is 0 Å². The second-order valence-corrected chi connectivity index (χ2v) is 6.68. The van der Waals surface area contributed by atoms with E-state index in [-0.39, 0.29) is 18.2 Å². The molecule has 0 spiro atoms. The number of nitrogens with zero attached hydrogens (tertiary/aromatic N) is 1. The fourth-order valence-electron chi connectivity index (χ4n) is 3.26. The van der Waals surface area contributed by atoms with Crippen LogP contribution in [0.1, 0.15) is 15.9 Å². The molecule has 2 heterocycles. The first-order chi connectivity index (χ1) is 13.7. The summed E-state index contributed by atoms with van der Waals surface area (Å²) in [6.45, 7) is 4.85. The van der Waals surface area contributed by atoms with Crippen LogP contribution in [-0.4, -0.2) is 57.2 Å². The summed E-state index contributed by atoms with van der Waals surface area (Å²) in [6, 6.07) is 12.8. The van der Waals surface area contributed by atoms with Crippen LogP contribution < -0.4 is 14.2 Å². The lowest BCUT2D eigenvalue weighted by atomic mass is 10.1. The molecule has 2 aliphatic rings. The maximum atomic E-state index is 12.6. The third-order valence-corrected chi connectivity index (χ3v) is 4.81. The molecule has 2 aliphatic heterocycles. The Morgan fingerprint density at radius 2 is 1.93 bits per heavy atom. The first-order valence-corrected chi connectivity index (χ1v) is 9.38. The average molecular weight is 418 g/mol. The molecule has 0 saturated carbocycles. The third-order valence-electron chi connectivity index (χ3n) is 4.81. The Labute approximate surface area is 176 Å². The van der Waals surface area contributed by atoms with Crippen LogP contribution in [0.5, 0.6) is 17.2 Å². The van der Waals surface area contributed by atoms with Gasteiger partial charge < -0.3 is 18.9 Å². The summed E-state index contributed by atoms with van der Waals surface area (Å²) in [5.74, 6) is 2.13. The van der Waals surface area contributed by atoms with E-state index in [1.807, 2.05) is 30.3 Å². The van der Waals surface area contributed by atoms with Crippen molar-refractivity contribution in [3.05, 3.63) is 59.4 Å². The number of halogens is 1. The zero-order chi connectivity index (χ0) is 19.3. The molecule has 0 N–H and O–H groups in total. The summed E-state index contributed by atoms with van der Waals surface area (Å²) in [6.07, 6.45) is 1.73. The Kier molecular flexibility index (Phi) is 7.14. The number of morpholine rings is 1. The quantitative estimate of drug-likeness (QED) is 0.671. The number of carbonyl (C=O) groups excluding carboxylic acids is 1. The molecule has 4 rings (SSSR count). The van der Waals surface area contributed by atoms with Crippen molar-refractivity contribution in [3.63, 3.8) is 0 Å². The van der Waals surface area contributed by atoms with Crippen molar-refractivity contribution in [1.82, 2.24) is 4.90 Å². The molecule has 1 saturated heterocycles. The van der Waals surface area contributed by atoms with Crippen LogP contribution in [0.15, 0.2) is 48.2 Å². The second-order valence-electron chi connectivity index (χ2n) is 6.68. The van der Waals surface area contributed by atoms with E-state index in [9.17, 15) is 4.79 Å². The summed E-state index contributed by atoms with van der Waals surface area (Å²) in [7, 11) is 1.61. The van der Waals surface area contributed by atoms with Gasteiger partial charge in [0.2, 0.25) is 5.78 Å². The standard InChI is InChI=1S/C22H23NO5.ClH/c1-25-17-4-2-3-16(13-17)14-21-22(24)19-6-5-18(15-20(19)28-21)27-12-9-23-7-10-26-11-8-23;/h2-6,13-15H,7-12H2,1H3;1H/b21-14-;. The largest absolute Gasteiger partial charge is 0.497 e. The Balaban J connectivity index is 0.00000240. The summed E-state index contributed by atoms with van der Waals surface area (Å²) in [5.41, 5.74) is 1.40. The number of rotatable bonds is 6. The minimum absolute atomic E-state index is 0. The van der Waals surface area contributed by atoms with Gasteiger partial charge in [0.25, 0.3) is 0 Å². The fraction of sp³-hybridized carbons (Fsp3) is 0.318. The molecule has 0 amide bonds. The summed E-state index contributed by atoms with van der Waals surface area (Å²) in [5, 5.41) is 0.